The highest BCUT2D eigenvalue weighted by Gasteiger charge is 2.13. The van der Waals surface area contributed by atoms with Gasteiger partial charge in [0.15, 0.2) is 6.61 Å². The summed E-state index contributed by atoms with van der Waals surface area (Å²) >= 11 is 0. The van der Waals surface area contributed by atoms with Crippen LogP contribution in [0.4, 0.5) is 11.6 Å². The minimum absolute atomic E-state index is 0.0288. The SMILES string of the molecule is COc1ccc(OCC(=O)NCCNc2cc(N3CCCC3)ncn2)cc1. The van der Waals surface area contributed by atoms with Gasteiger partial charge in [0.1, 0.15) is 29.5 Å². The first-order chi connectivity index (χ1) is 13.2. The summed E-state index contributed by atoms with van der Waals surface area (Å²) < 4.78 is 10.5. The molecule has 1 fully saturated rings. The number of anilines is 2. The molecule has 2 aromatic rings. The number of hydrogen-bond acceptors (Lipinski definition) is 7. The van der Waals surface area contributed by atoms with Gasteiger partial charge in [-0.2, -0.15) is 0 Å². The molecule has 0 bridgehead atoms. The number of amides is 1. The first kappa shape index (κ1) is 18.8. The van der Waals surface area contributed by atoms with Gasteiger partial charge in [0, 0.05) is 32.2 Å². The molecule has 0 atom stereocenters. The average Bonchev–Trinajstić information content (AvgIpc) is 3.25. The van der Waals surface area contributed by atoms with E-state index >= 15 is 0 Å². The molecule has 1 aromatic heterocycles. The number of rotatable bonds is 9. The summed E-state index contributed by atoms with van der Waals surface area (Å²) in [5, 5.41) is 6.01. The van der Waals surface area contributed by atoms with Gasteiger partial charge in [-0.15, -0.1) is 0 Å². The number of aromatic nitrogens is 2. The highest BCUT2D eigenvalue weighted by molar-refractivity contribution is 5.77. The van der Waals surface area contributed by atoms with Gasteiger partial charge in [-0.1, -0.05) is 0 Å². The molecule has 0 radical (unpaired) electrons. The molecule has 1 amide bonds. The lowest BCUT2D eigenvalue weighted by Crippen LogP contribution is -2.32. The van der Waals surface area contributed by atoms with E-state index in [9.17, 15) is 4.79 Å². The maximum absolute atomic E-state index is 11.9. The summed E-state index contributed by atoms with van der Waals surface area (Å²) in [5.74, 6) is 2.90. The van der Waals surface area contributed by atoms with E-state index in [2.05, 4.69) is 25.5 Å². The van der Waals surface area contributed by atoms with Crippen molar-refractivity contribution in [2.75, 3.05) is 50.1 Å². The normalized spacial score (nSPS) is 13.3. The number of carbonyl (C=O) groups is 1. The Morgan fingerprint density at radius 2 is 1.85 bits per heavy atom. The van der Waals surface area contributed by atoms with Crippen LogP contribution in [0.1, 0.15) is 12.8 Å². The van der Waals surface area contributed by atoms with Crippen molar-refractivity contribution in [3.05, 3.63) is 36.7 Å². The monoisotopic (exact) mass is 371 g/mol. The second-order valence-corrected chi connectivity index (χ2v) is 6.20. The van der Waals surface area contributed by atoms with E-state index in [-0.39, 0.29) is 12.5 Å². The fourth-order valence-corrected chi connectivity index (χ4v) is 2.83. The van der Waals surface area contributed by atoms with Crippen LogP contribution in [-0.2, 0) is 4.79 Å². The van der Waals surface area contributed by atoms with Gasteiger partial charge < -0.3 is 25.0 Å². The zero-order valence-electron chi connectivity index (χ0n) is 15.5. The number of hydrogen-bond donors (Lipinski definition) is 2. The van der Waals surface area contributed by atoms with Crippen molar-refractivity contribution in [1.29, 1.82) is 0 Å². The Kier molecular flexibility index (Phi) is 6.67. The Morgan fingerprint density at radius 1 is 1.11 bits per heavy atom. The minimum atomic E-state index is -0.173. The Hall–Kier alpha value is -3.03. The highest BCUT2D eigenvalue weighted by atomic mass is 16.5. The lowest BCUT2D eigenvalue weighted by molar-refractivity contribution is -0.123. The standard InChI is InChI=1S/C19H25N5O3/c1-26-15-4-6-16(7-5-15)27-13-19(25)21-9-8-20-17-12-18(23-14-22-17)24-10-2-3-11-24/h4-7,12,14H,2-3,8-11,13H2,1H3,(H,21,25)(H,20,22,23). The third kappa shape index (κ3) is 5.73. The molecule has 0 saturated carbocycles. The van der Waals surface area contributed by atoms with Crippen LogP contribution in [0.25, 0.3) is 0 Å². The van der Waals surface area contributed by atoms with Crippen LogP contribution in [0.15, 0.2) is 36.7 Å². The second-order valence-electron chi connectivity index (χ2n) is 6.20. The van der Waals surface area contributed by atoms with Gasteiger partial charge in [0.25, 0.3) is 5.91 Å². The largest absolute Gasteiger partial charge is 0.497 e. The van der Waals surface area contributed by atoms with Crippen molar-refractivity contribution < 1.29 is 14.3 Å². The summed E-state index contributed by atoms with van der Waals surface area (Å²) in [6, 6.07) is 9.05. The van der Waals surface area contributed by atoms with Crippen LogP contribution in [0.5, 0.6) is 11.5 Å². The van der Waals surface area contributed by atoms with Crippen LogP contribution in [-0.4, -0.2) is 55.8 Å². The molecule has 144 valence electrons. The van der Waals surface area contributed by atoms with Crippen molar-refractivity contribution in [2.45, 2.75) is 12.8 Å². The molecule has 8 nitrogen and oxygen atoms in total. The molecular formula is C19H25N5O3. The third-order valence-corrected chi connectivity index (χ3v) is 4.27. The van der Waals surface area contributed by atoms with Crippen molar-refractivity contribution >= 4 is 17.5 Å². The number of benzene rings is 1. The second kappa shape index (κ2) is 9.61. The van der Waals surface area contributed by atoms with Gasteiger partial charge in [0.2, 0.25) is 0 Å². The summed E-state index contributed by atoms with van der Waals surface area (Å²) in [7, 11) is 1.60. The van der Waals surface area contributed by atoms with Crippen molar-refractivity contribution in [3.8, 4) is 11.5 Å². The molecule has 0 spiro atoms. The zero-order chi connectivity index (χ0) is 18.9. The number of nitrogens with zero attached hydrogens (tertiary/aromatic N) is 3. The first-order valence-electron chi connectivity index (χ1n) is 9.09. The zero-order valence-corrected chi connectivity index (χ0v) is 15.5. The van der Waals surface area contributed by atoms with Crippen molar-refractivity contribution in [3.63, 3.8) is 0 Å². The highest BCUT2D eigenvalue weighted by Crippen LogP contribution is 2.19. The first-order valence-corrected chi connectivity index (χ1v) is 9.09. The average molecular weight is 371 g/mol. The Morgan fingerprint density at radius 3 is 2.59 bits per heavy atom. The lowest BCUT2D eigenvalue weighted by Gasteiger charge is -2.16. The smallest absolute Gasteiger partial charge is 0.258 e. The fourth-order valence-electron chi connectivity index (χ4n) is 2.83. The van der Waals surface area contributed by atoms with E-state index in [4.69, 9.17) is 9.47 Å². The molecule has 3 rings (SSSR count). The van der Waals surface area contributed by atoms with Gasteiger partial charge in [0.05, 0.1) is 7.11 Å². The number of carbonyl (C=O) groups excluding carboxylic acids is 1. The molecule has 8 heteroatoms. The summed E-state index contributed by atoms with van der Waals surface area (Å²) in [6.07, 6.45) is 3.98. The van der Waals surface area contributed by atoms with E-state index < -0.39 is 0 Å². The molecular weight excluding hydrogens is 346 g/mol. The maximum atomic E-state index is 11.9. The molecule has 0 aliphatic carbocycles. The van der Waals surface area contributed by atoms with E-state index in [1.54, 1.807) is 37.7 Å². The Bertz CT molecular complexity index is 732. The predicted octanol–water partition coefficient (Wildman–Crippen LogP) is 1.69. The van der Waals surface area contributed by atoms with E-state index in [0.29, 0.717) is 18.8 Å². The van der Waals surface area contributed by atoms with Crippen LogP contribution in [0, 0.1) is 0 Å². The summed E-state index contributed by atoms with van der Waals surface area (Å²) in [6.45, 7) is 3.11. The summed E-state index contributed by atoms with van der Waals surface area (Å²) in [4.78, 5) is 22.7. The van der Waals surface area contributed by atoms with E-state index in [1.807, 2.05) is 6.07 Å². The molecule has 2 heterocycles. The topological polar surface area (TPSA) is 88.6 Å². The molecule has 0 unspecified atom stereocenters. The maximum Gasteiger partial charge on any atom is 0.258 e. The van der Waals surface area contributed by atoms with Gasteiger partial charge in [-0.05, 0) is 37.1 Å². The predicted molar refractivity (Wildman–Crippen MR) is 103 cm³/mol. The van der Waals surface area contributed by atoms with Crippen LogP contribution < -0.4 is 25.0 Å². The molecule has 1 aromatic carbocycles. The van der Waals surface area contributed by atoms with Crippen molar-refractivity contribution in [1.82, 2.24) is 15.3 Å². The van der Waals surface area contributed by atoms with Gasteiger partial charge in [-0.3, -0.25) is 4.79 Å². The molecule has 1 saturated heterocycles. The van der Waals surface area contributed by atoms with Crippen LogP contribution in [0.3, 0.4) is 0 Å². The Labute approximate surface area is 158 Å². The van der Waals surface area contributed by atoms with Gasteiger partial charge in [-0.25, -0.2) is 9.97 Å². The molecule has 1 aliphatic rings. The van der Waals surface area contributed by atoms with Crippen molar-refractivity contribution in [2.24, 2.45) is 0 Å². The van der Waals surface area contributed by atoms with E-state index in [0.717, 1.165) is 30.5 Å². The third-order valence-electron chi connectivity index (χ3n) is 4.27. The number of nitrogens with one attached hydrogen (secondary N) is 2. The minimum Gasteiger partial charge on any atom is -0.497 e. The quantitative estimate of drug-likeness (QED) is 0.649. The van der Waals surface area contributed by atoms with Crippen LogP contribution in [0.2, 0.25) is 0 Å². The van der Waals surface area contributed by atoms with Crippen LogP contribution >= 0.6 is 0 Å². The fraction of sp³-hybridized carbons (Fsp3) is 0.421. The molecule has 2 N–H and O–H groups in total. The molecule has 1 aliphatic heterocycles. The molecule has 27 heavy (non-hydrogen) atoms. The summed E-state index contributed by atoms with van der Waals surface area (Å²) in [5.41, 5.74) is 0. The Balaban J connectivity index is 1.34. The lowest BCUT2D eigenvalue weighted by atomic mass is 10.3. The number of methoxy groups -OCH3 is 1. The number of ether oxygens (including phenoxy) is 2. The van der Waals surface area contributed by atoms with Gasteiger partial charge >= 0.3 is 0 Å². The van der Waals surface area contributed by atoms with E-state index in [1.165, 1.54) is 12.8 Å².